The lowest BCUT2D eigenvalue weighted by Gasteiger charge is -2.57. The molecule has 4 nitrogen and oxygen atoms in total. The summed E-state index contributed by atoms with van der Waals surface area (Å²) in [6, 6.07) is 8.26. The summed E-state index contributed by atoms with van der Waals surface area (Å²) in [6.07, 6.45) is 10.1. The van der Waals surface area contributed by atoms with E-state index in [1.165, 1.54) is 44.9 Å². The van der Waals surface area contributed by atoms with Crippen LogP contribution in [-0.4, -0.2) is 24.3 Å². The Bertz CT molecular complexity index is 716. The summed E-state index contributed by atoms with van der Waals surface area (Å²) >= 11 is 0. The third kappa shape index (κ3) is 5.50. The molecule has 1 aromatic rings. The first-order valence-corrected chi connectivity index (χ1v) is 11.9. The Kier molecular flexibility index (Phi) is 6.05. The van der Waals surface area contributed by atoms with E-state index in [1.807, 2.05) is 39.8 Å². The van der Waals surface area contributed by atoms with Crippen molar-refractivity contribution in [2.75, 3.05) is 6.61 Å². The second kappa shape index (κ2) is 8.43. The molecule has 4 aliphatic rings. The zero-order chi connectivity index (χ0) is 21.4. The lowest BCUT2D eigenvalue weighted by Crippen LogP contribution is -2.46. The van der Waals surface area contributed by atoms with Gasteiger partial charge in [-0.1, -0.05) is 12.1 Å². The minimum atomic E-state index is -0.363. The number of benzene rings is 1. The molecule has 1 aromatic carbocycles. The lowest BCUT2D eigenvalue weighted by molar-refractivity contribution is -0.0622. The topological polar surface area (TPSA) is 47.6 Å². The Morgan fingerprint density at radius 3 is 2.37 bits per heavy atom. The van der Waals surface area contributed by atoms with E-state index in [4.69, 9.17) is 9.47 Å². The number of hydrogen-bond donors (Lipinski definition) is 1. The fraction of sp³-hybridized carbons (Fsp3) is 0.731. The molecule has 1 amide bonds. The van der Waals surface area contributed by atoms with Crippen molar-refractivity contribution in [3.63, 3.8) is 0 Å². The van der Waals surface area contributed by atoms with Crippen LogP contribution in [0.2, 0.25) is 0 Å². The van der Waals surface area contributed by atoms with Crippen LogP contribution in [0.1, 0.15) is 78.2 Å². The third-order valence-corrected chi connectivity index (χ3v) is 7.27. The third-order valence-electron chi connectivity index (χ3n) is 7.27. The number of hydrogen-bond acceptors (Lipinski definition) is 3. The van der Waals surface area contributed by atoms with Crippen LogP contribution >= 0.6 is 0 Å². The molecular weight excluding hydrogens is 374 g/mol. The van der Waals surface area contributed by atoms with Crippen molar-refractivity contribution in [2.45, 2.75) is 90.7 Å². The molecule has 1 N–H and O–H groups in total. The molecule has 0 saturated heterocycles. The summed E-state index contributed by atoms with van der Waals surface area (Å²) in [4.78, 5) is 12.0. The molecule has 0 radical (unpaired) electrons. The Morgan fingerprint density at radius 2 is 1.77 bits per heavy atom. The van der Waals surface area contributed by atoms with Crippen LogP contribution in [0.15, 0.2) is 24.3 Å². The predicted molar refractivity (Wildman–Crippen MR) is 120 cm³/mol. The molecule has 0 aromatic heterocycles. The van der Waals surface area contributed by atoms with Crippen molar-refractivity contribution in [1.29, 1.82) is 0 Å². The Morgan fingerprint density at radius 1 is 1.13 bits per heavy atom. The van der Waals surface area contributed by atoms with E-state index in [-0.39, 0.29) is 17.7 Å². The monoisotopic (exact) mass is 413 g/mol. The number of rotatable bonds is 7. The SMILES string of the molecule is CC(Cc1cccc(OCCC23CC4CC(CC(C4)C2)C3)c1)OC(=O)NC(C)(C)C. The second-order valence-corrected chi connectivity index (χ2v) is 11.5. The van der Waals surface area contributed by atoms with Crippen LogP contribution < -0.4 is 10.1 Å². The summed E-state index contributed by atoms with van der Waals surface area (Å²) in [7, 11) is 0. The van der Waals surface area contributed by atoms with Gasteiger partial charge in [0.05, 0.1) is 6.61 Å². The molecule has 5 rings (SSSR count). The molecular formula is C26H39NO3. The smallest absolute Gasteiger partial charge is 0.407 e. The standard InChI is InChI=1S/C26H39NO3/c1-18(30-24(28)27-25(2,3)4)10-19-6-5-7-23(14-19)29-9-8-26-15-20-11-21(16-26)13-22(12-20)17-26/h5-7,14,18,20-22H,8-13,15-17H2,1-4H3,(H,27,28). The number of ether oxygens (including phenoxy) is 2. The second-order valence-electron chi connectivity index (χ2n) is 11.5. The van der Waals surface area contributed by atoms with Gasteiger partial charge in [-0.25, -0.2) is 4.79 Å². The Labute approximate surface area is 182 Å². The Balaban J connectivity index is 1.25. The van der Waals surface area contributed by atoms with E-state index < -0.39 is 0 Å². The Hall–Kier alpha value is -1.71. The number of carbonyl (C=O) groups is 1. The summed E-state index contributed by atoms with van der Waals surface area (Å²) in [6.45, 7) is 8.59. The molecule has 30 heavy (non-hydrogen) atoms. The van der Waals surface area contributed by atoms with Gasteiger partial charge in [0.15, 0.2) is 0 Å². The number of carbonyl (C=O) groups excluding carboxylic acids is 1. The summed E-state index contributed by atoms with van der Waals surface area (Å²) < 4.78 is 11.7. The highest BCUT2D eigenvalue weighted by atomic mass is 16.6. The zero-order valence-corrected chi connectivity index (χ0v) is 19.2. The molecule has 0 aliphatic heterocycles. The summed E-state index contributed by atoms with van der Waals surface area (Å²) in [5.41, 5.74) is 1.41. The summed E-state index contributed by atoms with van der Waals surface area (Å²) in [5.74, 6) is 3.92. The highest BCUT2D eigenvalue weighted by molar-refractivity contribution is 5.68. The lowest BCUT2D eigenvalue weighted by atomic mass is 9.49. The maximum absolute atomic E-state index is 12.0. The van der Waals surface area contributed by atoms with E-state index in [0.717, 1.165) is 35.7 Å². The quantitative estimate of drug-likeness (QED) is 0.585. The number of alkyl carbamates (subject to hydrolysis) is 1. The van der Waals surface area contributed by atoms with Crippen LogP contribution in [0.3, 0.4) is 0 Å². The van der Waals surface area contributed by atoms with Crippen LogP contribution in [0.5, 0.6) is 5.75 Å². The minimum Gasteiger partial charge on any atom is -0.494 e. The van der Waals surface area contributed by atoms with Gasteiger partial charge in [-0.15, -0.1) is 0 Å². The van der Waals surface area contributed by atoms with Crippen molar-refractivity contribution in [2.24, 2.45) is 23.2 Å². The average molecular weight is 414 g/mol. The predicted octanol–water partition coefficient (Wildman–Crippen LogP) is 6.13. The van der Waals surface area contributed by atoms with Gasteiger partial charge in [0.1, 0.15) is 11.9 Å². The first-order chi connectivity index (χ1) is 14.2. The van der Waals surface area contributed by atoms with E-state index in [1.54, 1.807) is 0 Å². The van der Waals surface area contributed by atoms with Crippen molar-refractivity contribution >= 4 is 6.09 Å². The molecule has 0 spiro atoms. The van der Waals surface area contributed by atoms with E-state index in [9.17, 15) is 4.79 Å². The van der Waals surface area contributed by atoms with Gasteiger partial charge < -0.3 is 14.8 Å². The van der Waals surface area contributed by atoms with Crippen LogP contribution in [0, 0.1) is 23.2 Å². The average Bonchev–Trinajstić information content (AvgIpc) is 2.58. The van der Waals surface area contributed by atoms with Gasteiger partial charge in [0.2, 0.25) is 0 Å². The molecule has 0 heterocycles. The molecule has 1 unspecified atom stereocenters. The first-order valence-electron chi connectivity index (χ1n) is 11.9. The van der Waals surface area contributed by atoms with Gasteiger partial charge in [-0.2, -0.15) is 0 Å². The fourth-order valence-electron chi connectivity index (χ4n) is 6.64. The normalized spacial score (nSPS) is 30.7. The fourth-order valence-corrected chi connectivity index (χ4v) is 6.64. The van der Waals surface area contributed by atoms with Crippen molar-refractivity contribution < 1.29 is 14.3 Å². The molecule has 1 atom stereocenters. The van der Waals surface area contributed by atoms with Crippen molar-refractivity contribution in [3.05, 3.63) is 29.8 Å². The van der Waals surface area contributed by atoms with Gasteiger partial charge >= 0.3 is 6.09 Å². The molecule has 4 fully saturated rings. The molecule has 4 bridgehead atoms. The maximum Gasteiger partial charge on any atom is 0.407 e. The van der Waals surface area contributed by atoms with Crippen LogP contribution in [-0.2, 0) is 11.2 Å². The highest BCUT2D eigenvalue weighted by Gasteiger charge is 2.50. The van der Waals surface area contributed by atoms with Crippen molar-refractivity contribution in [3.8, 4) is 5.75 Å². The van der Waals surface area contributed by atoms with Crippen LogP contribution in [0.4, 0.5) is 4.79 Å². The number of amides is 1. The highest BCUT2D eigenvalue weighted by Crippen LogP contribution is 2.61. The van der Waals surface area contributed by atoms with E-state index in [0.29, 0.717) is 11.8 Å². The van der Waals surface area contributed by atoms with Crippen LogP contribution in [0.25, 0.3) is 0 Å². The minimum absolute atomic E-state index is 0.186. The van der Waals surface area contributed by atoms with Gasteiger partial charge in [-0.05, 0) is 114 Å². The molecule has 4 heteroatoms. The molecule has 4 saturated carbocycles. The molecule has 4 aliphatic carbocycles. The van der Waals surface area contributed by atoms with Gasteiger partial charge in [0.25, 0.3) is 0 Å². The van der Waals surface area contributed by atoms with Gasteiger partial charge in [0, 0.05) is 12.0 Å². The maximum atomic E-state index is 12.0. The number of nitrogens with one attached hydrogen (secondary N) is 1. The molecule has 166 valence electrons. The zero-order valence-electron chi connectivity index (χ0n) is 19.2. The first kappa shape index (κ1) is 21.5. The van der Waals surface area contributed by atoms with E-state index in [2.05, 4.69) is 17.4 Å². The van der Waals surface area contributed by atoms with Gasteiger partial charge in [-0.3, -0.25) is 0 Å². The summed E-state index contributed by atoms with van der Waals surface area (Å²) in [5, 5.41) is 2.84. The van der Waals surface area contributed by atoms with E-state index >= 15 is 0 Å². The van der Waals surface area contributed by atoms with Crippen molar-refractivity contribution in [1.82, 2.24) is 5.32 Å². The largest absolute Gasteiger partial charge is 0.494 e.